The molecule has 146 valence electrons. The fourth-order valence-corrected chi connectivity index (χ4v) is 4.67. The van der Waals surface area contributed by atoms with Gasteiger partial charge in [0.2, 0.25) is 21.1 Å². The van der Waals surface area contributed by atoms with Gasteiger partial charge in [0, 0.05) is 5.56 Å². The Kier molecular flexibility index (Phi) is 5.76. The van der Waals surface area contributed by atoms with Crippen molar-refractivity contribution in [2.75, 3.05) is 15.9 Å². The molecular weight excluding hydrogens is 396 g/mol. The number of hydrogen-bond acceptors (Lipinski definition) is 6. The molecule has 1 N–H and O–H groups in total. The minimum atomic E-state index is -3.67. The molecule has 1 aromatic heterocycles. The largest absolute Gasteiger partial charge is 0.299 e. The van der Waals surface area contributed by atoms with Gasteiger partial charge < -0.3 is 0 Å². The molecule has 0 radical (unpaired) electrons. The Morgan fingerprint density at radius 1 is 1.11 bits per heavy atom. The molecule has 28 heavy (non-hydrogen) atoms. The quantitative estimate of drug-likeness (QED) is 0.666. The Morgan fingerprint density at radius 3 is 2.46 bits per heavy atom. The van der Waals surface area contributed by atoms with Crippen LogP contribution in [-0.2, 0) is 14.8 Å². The van der Waals surface area contributed by atoms with Crippen LogP contribution in [0, 0.1) is 6.92 Å². The molecule has 0 aliphatic rings. The predicted octanol–water partition coefficient (Wildman–Crippen LogP) is 3.31. The summed E-state index contributed by atoms with van der Waals surface area (Å²) in [5, 5.41) is 11.7. The summed E-state index contributed by atoms with van der Waals surface area (Å²) in [5.41, 5.74) is 2.23. The van der Waals surface area contributed by atoms with E-state index < -0.39 is 22.0 Å². The van der Waals surface area contributed by atoms with Crippen molar-refractivity contribution in [3.63, 3.8) is 0 Å². The summed E-state index contributed by atoms with van der Waals surface area (Å²) in [6.07, 6.45) is 1.08. The van der Waals surface area contributed by atoms with Gasteiger partial charge >= 0.3 is 0 Å². The highest BCUT2D eigenvalue weighted by Gasteiger charge is 2.29. The minimum absolute atomic E-state index is 0.313. The molecule has 1 heterocycles. The normalized spacial score (nSPS) is 12.4. The zero-order chi connectivity index (χ0) is 20.3. The first-order valence-electron chi connectivity index (χ1n) is 8.51. The predicted molar refractivity (Wildman–Crippen MR) is 112 cm³/mol. The van der Waals surface area contributed by atoms with Gasteiger partial charge in [0.05, 0.1) is 11.9 Å². The number of aryl methyl sites for hydroxylation is 1. The second-order valence-corrected chi connectivity index (χ2v) is 9.18. The number of anilines is 2. The molecule has 0 aliphatic heterocycles. The van der Waals surface area contributed by atoms with E-state index in [0.29, 0.717) is 15.8 Å². The molecule has 0 spiro atoms. The van der Waals surface area contributed by atoms with E-state index in [4.69, 9.17) is 0 Å². The Balaban J connectivity index is 1.82. The molecular formula is C19H20N4O3S2. The van der Waals surface area contributed by atoms with Crippen molar-refractivity contribution in [3.8, 4) is 10.6 Å². The van der Waals surface area contributed by atoms with Crippen LogP contribution in [0.1, 0.15) is 12.5 Å². The van der Waals surface area contributed by atoms with Gasteiger partial charge in [-0.3, -0.25) is 14.4 Å². The van der Waals surface area contributed by atoms with Crippen molar-refractivity contribution in [2.45, 2.75) is 19.9 Å². The molecule has 3 rings (SSSR count). The van der Waals surface area contributed by atoms with Gasteiger partial charge in [-0.25, -0.2) is 8.42 Å². The smallest absolute Gasteiger partial charge is 0.249 e. The SMILES string of the molecule is Cc1cccc(N([C@H](C)C(=O)Nc2nnc(-c3ccccc3)s2)S(C)(=O)=O)c1. The lowest BCUT2D eigenvalue weighted by Crippen LogP contribution is -2.45. The van der Waals surface area contributed by atoms with Crippen molar-refractivity contribution >= 4 is 38.1 Å². The van der Waals surface area contributed by atoms with Crippen LogP contribution >= 0.6 is 11.3 Å². The van der Waals surface area contributed by atoms with Gasteiger partial charge in [0.15, 0.2) is 0 Å². The molecule has 9 heteroatoms. The number of aromatic nitrogens is 2. The number of carbonyl (C=O) groups excluding carboxylic acids is 1. The Hall–Kier alpha value is -2.78. The fourth-order valence-electron chi connectivity index (χ4n) is 2.75. The molecule has 0 fully saturated rings. The highest BCUT2D eigenvalue weighted by molar-refractivity contribution is 7.92. The summed E-state index contributed by atoms with van der Waals surface area (Å²) in [5.74, 6) is -0.484. The molecule has 7 nitrogen and oxygen atoms in total. The number of nitrogens with zero attached hydrogens (tertiary/aromatic N) is 3. The average molecular weight is 417 g/mol. The lowest BCUT2D eigenvalue weighted by molar-refractivity contribution is -0.116. The van der Waals surface area contributed by atoms with Gasteiger partial charge in [-0.2, -0.15) is 0 Å². The van der Waals surface area contributed by atoms with E-state index >= 15 is 0 Å². The second-order valence-electron chi connectivity index (χ2n) is 6.34. The molecule has 0 saturated carbocycles. The standard InChI is InChI=1S/C19H20N4O3S2/c1-13-8-7-11-16(12-13)23(28(3,25)26)14(2)17(24)20-19-22-21-18(27-19)15-9-5-4-6-10-15/h4-12,14H,1-3H3,(H,20,22,24)/t14-/m1/s1. The van der Waals surface area contributed by atoms with E-state index in [9.17, 15) is 13.2 Å². The van der Waals surface area contributed by atoms with Crippen LogP contribution < -0.4 is 9.62 Å². The Morgan fingerprint density at radius 2 is 1.82 bits per heavy atom. The zero-order valence-electron chi connectivity index (χ0n) is 15.7. The number of sulfonamides is 1. The van der Waals surface area contributed by atoms with Crippen molar-refractivity contribution in [1.82, 2.24) is 10.2 Å². The summed E-state index contributed by atoms with van der Waals surface area (Å²) in [6, 6.07) is 15.5. The van der Waals surface area contributed by atoms with Gasteiger partial charge in [-0.15, -0.1) is 10.2 Å². The van der Waals surface area contributed by atoms with E-state index in [-0.39, 0.29) is 0 Å². The second kappa shape index (κ2) is 8.07. The van der Waals surface area contributed by atoms with E-state index in [0.717, 1.165) is 21.7 Å². The Bertz CT molecular complexity index is 1080. The first-order valence-corrected chi connectivity index (χ1v) is 11.2. The van der Waals surface area contributed by atoms with E-state index in [1.165, 1.54) is 18.3 Å². The van der Waals surface area contributed by atoms with Gasteiger partial charge in [0.25, 0.3) is 0 Å². The number of benzene rings is 2. The van der Waals surface area contributed by atoms with Gasteiger partial charge in [0.1, 0.15) is 11.0 Å². The highest BCUT2D eigenvalue weighted by Crippen LogP contribution is 2.27. The summed E-state index contributed by atoms with van der Waals surface area (Å²) >= 11 is 1.23. The third kappa shape index (κ3) is 4.55. The molecule has 3 aromatic rings. The van der Waals surface area contributed by atoms with Crippen LogP contribution in [0.5, 0.6) is 0 Å². The molecule has 1 amide bonds. The number of nitrogens with one attached hydrogen (secondary N) is 1. The first kappa shape index (κ1) is 20.0. The highest BCUT2D eigenvalue weighted by atomic mass is 32.2. The van der Waals surface area contributed by atoms with Crippen molar-refractivity contribution in [3.05, 3.63) is 60.2 Å². The maximum atomic E-state index is 12.7. The van der Waals surface area contributed by atoms with Gasteiger partial charge in [-0.1, -0.05) is 53.8 Å². The maximum Gasteiger partial charge on any atom is 0.249 e. The molecule has 0 saturated heterocycles. The van der Waals surface area contributed by atoms with Crippen LogP contribution in [0.3, 0.4) is 0 Å². The van der Waals surface area contributed by atoms with E-state index in [1.807, 2.05) is 43.3 Å². The van der Waals surface area contributed by atoms with Crippen molar-refractivity contribution in [2.24, 2.45) is 0 Å². The molecule has 2 aromatic carbocycles. The van der Waals surface area contributed by atoms with Crippen LogP contribution in [0.2, 0.25) is 0 Å². The molecule has 0 bridgehead atoms. The molecule has 1 atom stereocenters. The molecule has 0 aliphatic carbocycles. The first-order chi connectivity index (χ1) is 13.3. The van der Waals surface area contributed by atoms with Gasteiger partial charge in [-0.05, 0) is 31.5 Å². The Labute approximate surface area is 168 Å². The average Bonchev–Trinajstić information content (AvgIpc) is 3.10. The van der Waals surface area contributed by atoms with Crippen LogP contribution in [0.4, 0.5) is 10.8 Å². The van der Waals surface area contributed by atoms with Crippen LogP contribution in [0.15, 0.2) is 54.6 Å². The van der Waals surface area contributed by atoms with Crippen molar-refractivity contribution < 1.29 is 13.2 Å². The fraction of sp³-hybridized carbons (Fsp3) is 0.211. The lowest BCUT2D eigenvalue weighted by atomic mass is 10.2. The summed E-state index contributed by atoms with van der Waals surface area (Å²) in [7, 11) is -3.67. The number of hydrogen-bond donors (Lipinski definition) is 1. The van der Waals surface area contributed by atoms with Crippen molar-refractivity contribution in [1.29, 1.82) is 0 Å². The van der Waals surface area contributed by atoms with E-state index in [1.54, 1.807) is 18.2 Å². The van der Waals surface area contributed by atoms with Crippen LogP contribution in [0.25, 0.3) is 10.6 Å². The van der Waals surface area contributed by atoms with Crippen LogP contribution in [-0.4, -0.2) is 36.8 Å². The third-order valence-electron chi connectivity index (χ3n) is 4.02. The minimum Gasteiger partial charge on any atom is -0.299 e. The van der Waals surface area contributed by atoms with E-state index in [2.05, 4.69) is 15.5 Å². The zero-order valence-corrected chi connectivity index (χ0v) is 17.3. The topological polar surface area (TPSA) is 92.3 Å². The lowest BCUT2D eigenvalue weighted by Gasteiger charge is -2.28. The number of amides is 1. The molecule has 0 unspecified atom stereocenters. The maximum absolute atomic E-state index is 12.7. The summed E-state index contributed by atoms with van der Waals surface area (Å²) in [6.45, 7) is 3.40. The number of carbonyl (C=O) groups is 1. The number of rotatable bonds is 6. The monoisotopic (exact) mass is 416 g/mol. The third-order valence-corrected chi connectivity index (χ3v) is 6.15. The summed E-state index contributed by atoms with van der Waals surface area (Å²) < 4.78 is 25.8. The summed E-state index contributed by atoms with van der Waals surface area (Å²) in [4.78, 5) is 12.7.